The number of fused-ring (bicyclic) bond motifs is 16. The van der Waals surface area contributed by atoms with Crippen molar-refractivity contribution in [2.45, 2.75) is 312 Å². The van der Waals surface area contributed by atoms with Crippen LogP contribution in [0.2, 0.25) is 0 Å². The van der Waals surface area contributed by atoms with Crippen LogP contribution in [0.15, 0.2) is 97.1 Å². The number of benzene rings is 8. The van der Waals surface area contributed by atoms with Crippen LogP contribution in [0, 0.1) is 62.2 Å². The normalized spacial score (nSPS) is 14.7. The molecule has 4 fully saturated rings. The molecule has 16 bridgehead atoms. The second-order valence-electron chi connectivity index (χ2n) is 42.5. The largest absolute Gasteiger partial charge is 4.00 e. The second-order valence-corrected chi connectivity index (χ2v) is 42.5. The van der Waals surface area contributed by atoms with E-state index in [9.17, 15) is 20.4 Å². The van der Waals surface area contributed by atoms with Gasteiger partial charge in [0.15, 0.2) is 0 Å². The summed E-state index contributed by atoms with van der Waals surface area (Å²) in [5.41, 5.74) is 21.6. The molecule has 2 aliphatic carbocycles. The quantitative estimate of drug-likeness (QED) is 0.150. The van der Waals surface area contributed by atoms with E-state index in [0.717, 1.165) is 209 Å². The molecule has 0 radical (unpaired) electrons. The minimum Gasteiger partial charge on any atom is -2.00 e. The Morgan fingerprint density at radius 3 is 0.367 bits per heavy atom. The Morgan fingerprint density at radius 1 is 0.203 bits per heavy atom. The van der Waals surface area contributed by atoms with E-state index < -0.39 is 0 Å². The minimum atomic E-state index is -0.166. The van der Waals surface area contributed by atoms with Gasteiger partial charge in [0, 0.05) is 104 Å². The van der Waals surface area contributed by atoms with Gasteiger partial charge in [-0.3, -0.25) is 0 Å². The van der Waals surface area contributed by atoms with Gasteiger partial charge in [-0.2, -0.15) is 0 Å². The van der Waals surface area contributed by atoms with Gasteiger partial charge in [-0.25, -0.2) is 0 Å². The average molecular weight is 2230 g/mol. The molecule has 0 atom stereocenters. The van der Waals surface area contributed by atoms with Crippen molar-refractivity contribution in [1.29, 1.82) is 0 Å². The molecule has 0 aromatic heterocycles. The van der Waals surface area contributed by atoms with Crippen molar-refractivity contribution in [3.8, 4) is 46.0 Å². The molecule has 14 rings (SSSR count). The van der Waals surface area contributed by atoms with Crippen LogP contribution in [-0.4, -0.2) is 81.3 Å². The van der Waals surface area contributed by atoms with E-state index in [1.54, 1.807) is 28.4 Å². The fourth-order valence-corrected chi connectivity index (χ4v) is 16.3. The first-order valence-corrected chi connectivity index (χ1v) is 44.5. The summed E-state index contributed by atoms with van der Waals surface area (Å²) in [5.74, 6) is 3.21. The molecule has 4 heterocycles. The van der Waals surface area contributed by atoms with Gasteiger partial charge in [-0.1, -0.05) is 308 Å². The maximum Gasteiger partial charge on any atom is 4.00 e. The van der Waals surface area contributed by atoms with E-state index in [1.807, 2.05) is 0 Å². The Hall–Kier alpha value is -4.20. The molecule has 128 heavy (non-hydrogen) atoms. The third-order valence-corrected chi connectivity index (χ3v) is 24.0. The van der Waals surface area contributed by atoms with E-state index in [2.05, 4.69) is 263 Å². The van der Waals surface area contributed by atoms with Gasteiger partial charge in [0.25, 0.3) is 0 Å². The van der Waals surface area contributed by atoms with E-state index in [1.165, 1.54) is 51.4 Å². The molecule has 8 aromatic rings. The molecule has 6 aliphatic rings. The van der Waals surface area contributed by atoms with E-state index in [4.69, 9.17) is 37.9 Å². The summed E-state index contributed by atoms with van der Waals surface area (Å²) < 4.78 is 44.6. The Bertz CT molecular complexity index is 4010. The minimum absolute atomic E-state index is 0. The molecule has 4 aliphatic heterocycles. The van der Waals surface area contributed by atoms with Gasteiger partial charge in [0.05, 0.1) is 28.4 Å². The van der Waals surface area contributed by atoms with Gasteiger partial charge in [-0.05, 0) is 184 Å². The van der Waals surface area contributed by atoms with E-state index in [-0.39, 0.29) is 202 Å². The summed E-state index contributed by atoms with van der Waals surface area (Å²) in [6.45, 7) is 60.8. The Kier molecular flexibility index (Phi) is 49.2. The Morgan fingerprint density at radius 2 is 0.297 bits per heavy atom. The van der Waals surface area contributed by atoms with Gasteiger partial charge in [-0.15, -0.1) is 23.0 Å². The third-order valence-electron chi connectivity index (χ3n) is 24.0. The summed E-state index contributed by atoms with van der Waals surface area (Å²) in [7, 11) is 6.81. The number of methoxy groups -OCH3 is 4. The van der Waals surface area contributed by atoms with Gasteiger partial charge in [0.1, 0.15) is 23.0 Å². The SMILES string of the molecule is C1CCOC1.C1CCOC1.C1CCOC1.C1CCOC1.COc1c2cc(C(C)(C)C)cc1Cc1cc(C(C)(C)C)cc(c1[O-])Cc1cc(C(C)(C)C)cc(c1OC)Cc1cc(C(C)(C)C)cc(c1[O-])C2.COc1c2cc(C(C)(C)C)cc1Cc1cc(C(C)(C)C)cc(c1[O-])Cc1cc(C(C)(C)C)cc(c1OC)Cc1cc(C(C)(C)C)cc(c1[O-])C2.[Cl-].[Cl-].[Li+].[Li+].[O-2].[O-2].[U+4].[U+4]. The van der Waals surface area contributed by atoms with Crippen LogP contribution >= 0.6 is 0 Å². The summed E-state index contributed by atoms with van der Waals surface area (Å²) in [5, 5.41) is 58.3. The van der Waals surface area contributed by atoms with Crippen LogP contribution in [0.25, 0.3) is 0 Å². The molecule has 20 heteroatoms. The van der Waals surface area contributed by atoms with Crippen LogP contribution in [0.4, 0.5) is 0 Å². The smallest absolute Gasteiger partial charge is 2.00 e. The zero-order chi connectivity index (χ0) is 88.4. The monoisotopic (exact) mass is 2230 g/mol. The first kappa shape index (κ1) is 122. The maximum absolute atomic E-state index is 14.6. The van der Waals surface area contributed by atoms with E-state index in [0.29, 0.717) is 51.4 Å². The number of ether oxygens (including phenoxy) is 8. The molecule has 0 amide bonds. The summed E-state index contributed by atoms with van der Waals surface area (Å²) in [4.78, 5) is 0. The Labute approximate surface area is 855 Å². The number of halogens is 2. The molecular weight excluding hydrogens is 2080 g/mol. The Balaban J connectivity index is 0.000000990. The molecular formula is C108H148Cl2Li2O14U2. The molecule has 14 nitrogen and oxygen atoms in total. The fraction of sp³-hybridized carbons (Fsp3) is 0.556. The van der Waals surface area contributed by atoms with Crippen molar-refractivity contribution in [2.24, 2.45) is 0 Å². The average Bonchev–Trinajstić information content (AvgIpc) is 0.856. The van der Waals surface area contributed by atoms with Crippen LogP contribution in [0.1, 0.15) is 351 Å². The van der Waals surface area contributed by atoms with Crippen molar-refractivity contribution < 1.29 is 194 Å². The van der Waals surface area contributed by atoms with Gasteiger partial charge in [0.2, 0.25) is 0 Å². The third kappa shape index (κ3) is 33.1. The zero-order valence-electron chi connectivity index (χ0n) is 83.7. The van der Waals surface area contributed by atoms with Crippen LogP contribution in [0.5, 0.6) is 46.0 Å². The first-order chi connectivity index (χ1) is 56.0. The van der Waals surface area contributed by atoms with Crippen LogP contribution in [-0.2, 0) is 125 Å². The molecule has 0 saturated carbocycles. The summed E-state index contributed by atoms with van der Waals surface area (Å²) in [6.07, 6.45) is 13.6. The molecule has 4 saturated heterocycles. The predicted octanol–water partition coefficient (Wildman–Crippen LogP) is 10.4. The van der Waals surface area contributed by atoms with Crippen LogP contribution < -0.4 is 102 Å². The summed E-state index contributed by atoms with van der Waals surface area (Å²) in [6, 6.07) is 34.4. The second kappa shape index (κ2) is 51.7. The van der Waals surface area contributed by atoms with Crippen molar-refractivity contribution in [2.75, 3.05) is 81.3 Å². The van der Waals surface area contributed by atoms with E-state index >= 15 is 0 Å². The van der Waals surface area contributed by atoms with Crippen molar-refractivity contribution in [3.05, 3.63) is 231 Å². The molecule has 8 aromatic carbocycles. The molecule has 0 spiro atoms. The molecule has 688 valence electrons. The number of rotatable bonds is 4. The van der Waals surface area contributed by atoms with Crippen molar-refractivity contribution in [3.63, 3.8) is 0 Å². The van der Waals surface area contributed by atoms with Crippen molar-refractivity contribution in [1.82, 2.24) is 0 Å². The molecule has 0 unspecified atom stereocenters. The topological polar surface area (TPSA) is 223 Å². The van der Waals surface area contributed by atoms with Crippen LogP contribution in [0.3, 0.4) is 0 Å². The molecule has 0 N–H and O–H groups in total. The zero-order valence-corrected chi connectivity index (χ0v) is 93.5. The maximum atomic E-state index is 14.6. The summed E-state index contributed by atoms with van der Waals surface area (Å²) >= 11 is 0. The van der Waals surface area contributed by atoms with Gasteiger partial charge >= 0.3 is 99.9 Å². The first-order valence-electron chi connectivity index (χ1n) is 44.5. The standard InChI is InChI=1S/2C46H60O4.4C4H8O.2ClH.2Li.2O.2U/c2*1-43(2,3)35-19-27-15-31-23-37(45(7,8)9)25-33(41(31)49-13)17-29-21-36(44(4,5)6)22-30(40(29)48)18-34-26-38(46(10,11)12)24-32(42(34)50-14)16-28(20-35)39(27)47;4*1-2-4-5-3-1;;;;;;;;/h2*19-26,47-48H,15-18H2,1-14H3;4*1-4H2;2*1H;;;;;;/q;;;;;;;;2*+1;2*-2;2*+4/p-6. The predicted molar refractivity (Wildman–Crippen MR) is 489 cm³/mol. The number of hydrogen-bond donors (Lipinski definition) is 0. The van der Waals surface area contributed by atoms with Crippen molar-refractivity contribution >= 4 is 0 Å². The number of hydrogen-bond acceptors (Lipinski definition) is 12. The van der Waals surface area contributed by atoms with Gasteiger partial charge < -0.3 is 94.1 Å². The fourth-order valence-electron chi connectivity index (χ4n) is 16.3.